The number of carbonyl (C=O) groups excluding carboxylic acids is 1. The molecule has 0 saturated carbocycles. The molecule has 5 nitrogen and oxygen atoms in total. The number of aromatic carboxylic acids is 1. The maximum atomic E-state index is 12.1. The minimum Gasteiger partial charge on any atom is -0.497 e. The first-order valence-electron chi connectivity index (χ1n) is 6.30. The average Bonchev–Trinajstić information content (AvgIpc) is 2.47. The number of carbonyl (C=O) groups is 2. The molecule has 0 atom stereocenters. The third-order valence-corrected chi connectivity index (χ3v) is 3.07. The van der Waals surface area contributed by atoms with Gasteiger partial charge in [-0.1, -0.05) is 0 Å². The van der Waals surface area contributed by atoms with E-state index in [0.717, 1.165) is 0 Å². The number of ether oxygens (including phenoxy) is 1. The normalized spacial score (nSPS) is 10.0. The summed E-state index contributed by atoms with van der Waals surface area (Å²) < 4.78 is 5.03. The number of carboxylic acid groups (broad SMARTS) is 1. The Bertz CT molecular complexity index is 677. The van der Waals surface area contributed by atoms with Crippen LogP contribution >= 0.6 is 0 Å². The molecule has 0 unspecified atom stereocenters. The number of benzene rings is 2. The molecule has 0 aliphatic heterocycles. The van der Waals surface area contributed by atoms with Crippen molar-refractivity contribution in [2.75, 3.05) is 12.4 Å². The molecule has 2 N–H and O–H groups in total. The molecule has 0 radical (unpaired) electrons. The minimum atomic E-state index is -0.986. The van der Waals surface area contributed by atoms with E-state index in [1.807, 2.05) is 0 Å². The minimum absolute atomic E-state index is 0.220. The largest absolute Gasteiger partial charge is 0.497 e. The maximum Gasteiger partial charge on any atom is 0.335 e. The summed E-state index contributed by atoms with van der Waals surface area (Å²) in [5.41, 5.74) is 1.86. The summed E-state index contributed by atoms with van der Waals surface area (Å²) >= 11 is 0. The van der Waals surface area contributed by atoms with Crippen molar-refractivity contribution in [3.05, 3.63) is 59.2 Å². The van der Waals surface area contributed by atoms with Gasteiger partial charge in [-0.05, 0) is 55.0 Å². The van der Waals surface area contributed by atoms with Crippen molar-refractivity contribution in [2.45, 2.75) is 6.92 Å². The highest BCUT2D eigenvalue weighted by Gasteiger charge is 2.10. The van der Waals surface area contributed by atoms with Gasteiger partial charge in [0.15, 0.2) is 0 Å². The summed E-state index contributed by atoms with van der Waals surface area (Å²) in [6.45, 7) is 1.69. The van der Waals surface area contributed by atoms with Gasteiger partial charge in [-0.3, -0.25) is 4.79 Å². The van der Waals surface area contributed by atoms with Gasteiger partial charge < -0.3 is 15.2 Å². The van der Waals surface area contributed by atoms with Crippen LogP contribution in [0.5, 0.6) is 5.75 Å². The van der Waals surface area contributed by atoms with Gasteiger partial charge in [-0.25, -0.2) is 4.79 Å². The van der Waals surface area contributed by atoms with E-state index in [-0.39, 0.29) is 11.5 Å². The van der Waals surface area contributed by atoms with Gasteiger partial charge in [-0.2, -0.15) is 0 Å². The number of amides is 1. The van der Waals surface area contributed by atoms with Crippen LogP contribution in [0.15, 0.2) is 42.5 Å². The molecule has 21 heavy (non-hydrogen) atoms. The van der Waals surface area contributed by atoms with E-state index >= 15 is 0 Å². The zero-order valence-electron chi connectivity index (χ0n) is 11.7. The molecule has 2 aromatic rings. The SMILES string of the molecule is COc1ccc(C(=O)Nc2ccc(C(=O)O)c(C)c2)cc1. The standard InChI is InChI=1S/C16H15NO4/c1-10-9-12(5-8-14(10)16(19)20)17-15(18)11-3-6-13(21-2)7-4-11/h3-9H,1-2H3,(H,17,18)(H,19,20). The Labute approximate surface area is 122 Å². The van der Waals surface area contributed by atoms with Crippen LogP contribution in [0, 0.1) is 6.92 Å². The highest BCUT2D eigenvalue weighted by Crippen LogP contribution is 2.17. The molecule has 0 heterocycles. The zero-order chi connectivity index (χ0) is 15.4. The Hall–Kier alpha value is -2.82. The first kappa shape index (κ1) is 14.6. The highest BCUT2D eigenvalue weighted by atomic mass is 16.5. The number of carboxylic acids is 1. The van der Waals surface area contributed by atoms with Crippen LogP contribution in [0.1, 0.15) is 26.3 Å². The molecule has 0 bridgehead atoms. The summed E-state index contributed by atoms with van der Waals surface area (Å²) in [7, 11) is 1.56. The molecule has 0 aliphatic carbocycles. The van der Waals surface area contributed by atoms with Crippen molar-refractivity contribution in [1.82, 2.24) is 0 Å². The molecule has 108 valence electrons. The third-order valence-electron chi connectivity index (χ3n) is 3.07. The lowest BCUT2D eigenvalue weighted by molar-refractivity contribution is 0.0696. The van der Waals surface area contributed by atoms with Crippen LogP contribution in [0.3, 0.4) is 0 Å². The van der Waals surface area contributed by atoms with Crippen molar-refractivity contribution in [1.29, 1.82) is 0 Å². The zero-order valence-corrected chi connectivity index (χ0v) is 11.7. The number of nitrogens with one attached hydrogen (secondary N) is 1. The second-order valence-electron chi connectivity index (χ2n) is 4.52. The van der Waals surface area contributed by atoms with Gasteiger partial charge >= 0.3 is 5.97 Å². The summed E-state index contributed by atoms with van der Waals surface area (Å²) in [5.74, 6) is -0.575. The molecule has 0 saturated heterocycles. The lowest BCUT2D eigenvalue weighted by Crippen LogP contribution is -2.12. The first-order chi connectivity index (χ1) is 10.0. The van der Waals surface area contributed by atoms with Crippen molar-refractivity contribution in [2.24, 2.45) is 0 Å². The van der Waals surface area contributed by atoms with Gasteiger partial charge in [0.1, 0.15) is 5.75 Å². The second-order valence-corrected chi connectivity index (χ2v) is 4.52. The predicted octanol–water partition coefficient (Wildman–Crippen LogP) is 2.95. The highest BCUT2D eigenvalue weighted by molar-refractivity contribution is 6.04. The lowest BCUT2D eigenvalue weighted by Gasteiger charge is -2.08. The number of hydrogen-bond donors (Lipinski definition) is 2. The topological polar surface area (TPSA) is 75.6 Å². The Morgan fingerprint density at radius 3 is 2.29 bits per heavy atom. The molecule has 0 fully saturated rings. The van der Waals surface area contributed by atoms with E-state index in [2.05, 4.69) is 5.32 Å². The first-order valence-corrected chi connectivity index (χ1v) is 6.30. The summed E-state index contributed by atoms with van der Waals surface area (Å²) in [5, 5.41) is 11.7. The average molecular weight is 285 g/mol. The third kappa shape index (κ3) is 3.39. The molecular weight excluding hydrogens is 270 g/mol. The second kappa shape index (κ2) is 6.09. The Balaban J connectivity index is 2.15. The molecule has 0 aromatic heterocycles. The molecule has 2 aromatic carbocycles. The number of hydrogen-bond acceptors (Lipinski definition) is 3. The number of anilines is 1. The van der Waals surface area contributed by atoms with E-state index in [0.29, 0.717) is 22.6 Å². The van der Waals surface area contributed by atoms with E-state index in [1.54, 1.807) is 50.4 Å². The smallest absolute Gasteiger partial charge is 0.335 e. The van der Waals surface area contributed by atoms with Crippen LogP contribution < -0.4 is 10.1 Å². The maximum absolute atomic E-state index is 12.1. The van der Waals surface area contributed by atoms with Crippen molar-refractivity contribution >= 4 is 17.6 Å². The monoisotopic (exact) mass is 285 g/mol. The summed E-state index contributed by atoms with van der Waals surface area (Å²) in [6, 6.07) is 11.4. The molecule has 2 rings (SSSR count). The van der Waals surface area contributed by atoms with E-state index in [4.69, 9.17) is 9.84 Å². The number of rotatable bonds is 4. The van der Waals surface area contributed by atoms with E-state index in [9.17, 15) is 9.59 Å². The van der Waals surface area contributed by atoms with Crippen molar-refractivity contribution in [3.63, 3.8) is 0 Å². The van der Waals surface area contributed by atoms with Crippen LogP contribution in [0.4, 0.5) is 5.69 Å². The van der Waals surface area contributed by atoms with Crippen LogP contribution in [-0.2, 0) is 0 Å². The van der Waals surface area contributed by atoms with E-state index < -0.39 is 5.97 Å². The van der Waals surface area contributed by atoms with Gasteiger partial charge in [0, 0.05) is 11.3 Å². The predicted molar refractivity (Wildman–Crippen MR) is 79.1 cm³/mol. The number of aryl methyl sites for hydroxylation is 1. The quantitative estimate of drug-likeness (QED) is 0.905. The summed E-state index contributed by atoms with van der Waals surface area (Å²) in [6.07, 6.45) is 0. The number of methoxy groups -OCH3 is 1. The van der Waals surface area contributed by atoms with Crippen LogP contribution in [0.25, 0.3) is 0 Å². The molecular formula is C16H15NO4. The fraction of sp³-hybridized carbons (Fsp3) is 0.125. The van der Waals surface area contributed by atoms with Gasteiger partial charge in [0.2, 0.25) is 0 Å². The lowest BCUT2D eigenvalue weighted by atomic mass is 10.1. The molecule has 1 amide bonds. The summed E-state index contributed by atoms with van der Waals surface area (Å²) in [4.78, 5) is 23.0. The van der Waals surface area contributed by atoms with Crippen molar-refractivity contribution in [3.8, 4) is 5.75 Å². The van der Waals surface area contributed by atoms with Crippen LogP contribution in [-0.4, -0.2) is 24.1 Å². The fourth-order valence-electron chi connectivity index (χ4n) is 1.93. The van der Waals surface area contributed by atoms with Crippen molar-refractivity contribution < 1.29 is 19.4 Å². The molecule has 0 aliphatic rings. The molecule has 5 heteroatoms. The van der Waals surface area contributed by atoms with E-state index in [1.165, 1.54) is 6.07 Å². The van der Waals surface area contributed by atoms with Crippen LogP contribution in [0.2, 0.25) is 0 Å². The Kier molecular flexibility index (Phi) is 4.23. The Morgan fingerprint density at radius 2 is 1.76 bits per heavy atom. The Morgan fingerprint density at radius 1 is 1.10 bits per heavy atom. The van der Waals surface area contributed by atoms with Gasteiger partial charge in [0.05, 0.1) is 12.7 Å². The van der Waals surface area contributed by atoms with Gasteiger partial charge in [-0.15, -0.1) is 0 Å². The fourth-order valence-corrected chi connectivity index (χ4v) is 1.93. The van der Waals surface area contributed by atoms with Gasteiger partial charge in [0.25, 0.3) is 5.91 Å². The molecule has 0 spiro atoms.